The maximum atomic E-state index is 9.61. The first-order chi connectivity index (χ1) is 8.90. The van der Waals surface area contributed by atoms with Crippen molar-refractivity contribution in [2.24, 2.45) is 0 Å². The summed E-state index contributed by atoms with van der Waals surface area (Å²) in [6, 6.07) is 6.04. The molecule has 19 heavy (non-hydrogen) atoms. The number of fused-ring (bicyclic) bond motifs is 1. The number of hydrogen-bond acceptors (Lipinski definition) is 3. The van der Waals surface area contributed by atoms with Crippen molar-refractivity contribution in [2.75, 3.05) is 5.73 Å². The third kappa shape index (κ3) is 2.73. The molecule has 0 amide bonds. The van der Waals surface area contributed by atoms with E-state index in [2.05, 4.69) is 25.3 Å². The minimum atomic E-state index is -0.318. The Morgan fingerprint density at radius 1 is 1.26 bits per heavy atom. The average Bonchev–Trinajstić information content (AvgIpc) is 2.66. The van der Waals surface area contributed by atoms with Gasteiger partial charge in [0.05, 0.1) is 17.1 Å². The highest BCUT2D eigenvalue weighted by molar-refractivity contribution is 5.80. The van der Waals surface area contributed by atoms with Crippen LogP contribution in [0.2, 0.25) is 0 Å². The number of nitrogens with two attached hydrogens (primary N) is 1. The number of nitrogens with zero attached hydrogens (tertiary/aromatic N) is 2. The third-order valence-electron chi connectivity index (χ3n) is 3.38. The van der Waals surface area contributed by atoms with E-state index in [1.807, 2.05) is 25.1 Å². The number of imidazole rings is 1. The first-order valence-corrected chi connectivity index (χ1v) is 6.85. The zero-order valence-electron chi connectivity index (χ0n) is 12.1. The summed E-state index contributed by atoms with van der Waals surface area (Å²) in [7, 11) is 0. The van der Waals surface area contributed by atoms with Gasteiger partial charge in [-0.15, -0.1) is 0 Å². The van der Waals surface area contributed by atoms with E-state index in [1.54, 1.807) is 0 Å². The molecule has 0 saturated heterocycles. The van der Waals surface area contributed by atoms with Gasteiger partial charge in [0.2, 0.25) is 0 Å². The molecule has 2 rings (SSSR count). The molecular formula is C15H23N3O. The molecule has 104 valence electrons. The highest BCUT2D eigenvalue weighted by Crippen LogP contribution is 2.28. The van der Waals surface area contributed by atoms with E-state index >= 15 is 0 Å². The van der Waals surface area contributed by atoms with Gasteiger partial charge in [0.25, 0.3) is 0 Å². The second kappa shape index (κ2) is 5.21. The van der Waals surface area contributed by atoms with Crippen molar-refractivity contribution in [3.8, 4) is 0 Å². The minimum absolute atomic E-state index is 0.214. The lowest BCUT2D eigenvalue weighted by atomic mass is 10.1. The second-order valence-corrected chi connectivity index (χ2v) is 5.68. The number of anilines is 1. The number of nitrogen functional groups attached to an aromatic ring is 1. The van der Waals surface area contributed by atoms with Crippen LogP contribution in [-0.2, 0) is 0 Å². The Bertz CT molecular complexity index is 572. The smallest absolute Gasteiger partial charge is 0.112 e. The zero-order valence-corrected chi connectivity index (χ0v) is 12.1. The lowest BCUT2D eigenvalue weighted by Crippen LogP contribution is -2.15. The molecule has 0 aliphatic rings. The Kier molecular flexibility index (Phi) is 3.80. The van der Waals surface area contributed by atoms with E-state index in [4.69, 9.17) is 10.7 Å². The molecule has 4 nitrogen and oxygen atoms in total. The van der Waals surface area contributed by atoms with Gasteiger partial charge in [0, 0.05) is 17.6 Å². The predicted molar refractivity (Wildman–Crippen MR) is 79.2 cm³/mol. The molecule has 0 saturated carbocycles. The number of rotatable bonds is 4. The van der Waals surface area contributed by atoms with Crippen molar-refractivity contribution >= 4 is 16.7 Å². The summed E-state index contributed by atoms with van der Waals surface area (Å²) in [5, 5.41) is 9.61. The largest absolute Gasteiger partial charge is 0.399 e. The van der Waals surface area contributed by atoms with Crippen LogP contribution in [-0.4, -0.2) is 20.8 Å². The molecule has 4 heteroatoms. The molecule has 0 spiro atoms. The van der Waals surface area contributed by atoms with E-state index < -0.39 is 0 Å². The van der Waals surface area contributed by atoms with Gasteiger partial charge in [-0.2, -0.15) is 0 Å². The van der Waals surface area contributed by atoms with E-state index in [0.29, 0.717) is 5.92 Å². The molecule has 3 N–H and O–H groups in total. The number of hydrogen-bond donors (Lipinski definition) is 2. The van der Waals surface area contributed by atoms with Crippen LogP contribution in [0.3, 0.4) is 0 Å². The van der Waals surface area contributed by atoms with E-state index in [0.717, 1.165) is 29.0 Å². The van der Waals surface area contributed by atoms with E-state index in [9.17, 15) is 5.11 Å². The SMILES string of the molecule is CC(O)CC(C)n1c(C(C)C)nc2cc(N)ccc21. The fourth-order valence-corrected chi connectivity index (χ4v) is 2.60. The summed E-state index contributed by atoms with van der Waals surface area (Å²) < 4.78 is 2.23. The van der Waals surface area contributed by atoms with Crippen LogP contribution in [0.1, 0.15) is 51.9 Å². The van der Waals surface area contributed by atoms with Crippen molar-refractivity contribution in [2.45, 2.75) is 52.2 Å². The zero-order chi connectivity index (χ0) is 14.2. The van der Waals surface area contributed by atoms with E-state index in [1.165, 1.54) is 0 Å². The molecular weight excluding hydrogens is 238 g/mol. The topological polar surface area (TPSA) is 64.1 Å². The first-order valence-electron chi connectivity index (χ1n) is 6.85. The fraction of sp³-hybridized carbons (Fsp3) is 0.533. The minimum Gasteiger partial charge on any atom is -0.399 e. The van der Waals surface area contributed by atoms with Gasteiger partial charge >= 0.3 is 0 Å². The van der Waals surface area contributed by atoms with Crippen molar-refractivity contribution in [1.29, 1.82) is 0 Å². The normalized spacial score (nSPS) is 15.1. The Morgan fingerprint density at radius 2 is 1.95 bits per heavy atom. The van der Waals surface area contributed by atoms with Crippen LogP contribution < -0.4 is 5.73 Å². The van der Waals surface area contributed by atoms with Gasteiger partial charge in [-0.05, 0) is 38.5 Å². The molecule has 0 aliphatic heterocycles. The third-order valence-corrected chi connectivity index (χ3v) is 3.38. The van der Waals surface area contributed by atoms with Gasteiger partial charge in [-0.1, -0.05) is 13.8 Å². The van der Waals surface area contributed by atoms with Crippen molar-refractivity contribution in [3.63, 3.8) is 0 Å². The van der Waals surface area contributed by atoms with Crippen LogP contribution in [0.15, 0.2) is 18.2 Å². The van der Waals surface area contributed by atoms with Gasteiger partial charge in [-0.25, -0.2) is 4.98 Å². The lowest BCUT2D eigenvalue weighted by Gasteiger charge is -2.20. The van der Waals surface area contributed by atoms with E-state index in [-0.39, 0.29) is 12.1 Å². The molecule has 1 aromatic carbocycles. The van der Waals surface area contributed by atoms with Crippen LogP contribution >= 0.6 is 0 Å². The quantitative estimate of drug-likeness (QED) is 0.831. The van der Waals surface area contributed by atoms with Crippen LogP contribution in [0, 0.1) is 0 Å². The van der Waals surface area contributed by atoms with Crippen LogP contribution in [0.25, 0.3) is 11.0 Å². The lowest BCUT2D eigenvalue weighted by molar-refractivity contribution is 0.165. The summed E-state index contributed by atoms with van der Waals surface area (Å²) in [6.45, 7) is 8.21. The molecule has 1 heterocycles. The van der Waals surface area contributed by atoms with Crippen molar-refractivity contribution in [3.05, 3.63) is 24.0 Å². The van der Waals surface area contributed by atoms with Gasteiger partial charge in [0.1, 0.15) is 5.82 Å². The molecule has 2 unspecified atom stereocenters. The van der Waals surface area contributed by atoms with Crippen LogP contribution in [0.5, 0.6) is 0 Å². The Morgan fingerprint density at radius 3 is 2.53 bits per heavy atom. The van der Waals surface area contributed by atoms with Gasteiger partial charge in [0.15, 0.2) is 0 Å². The average molecular weight is 261 g/mol. The standard InChI is InChI=1S/C15H23N3O/c1-9(2)15-17-13-8-12(16)5-6-14(13)18(15)10(3)7-11(4)19/h5-6,8-11,19H,7,16H2,1-4H3. The number of aromatic nitrogens is 2. The summed E-state index contributed by atoms with van der Waals surface area (Å²) in [5.41, 5.74) is 8.58. The monoisotopic (exact) mass is 261 g/mol. The number of aliphatic hydroxyl groups excluding tert-OH is 1. The van der Waals surface area contributed by atoms with Crippen molar-refractivity contribution in [1.82, 2.24) is 9.55 Å². The Hall–Kier alpha value is -1.55. The maximum Gasteiger partial charge on any atom is 0.112 e. The molecule has 2 atom stereocenters. The molecule has 2 aromatic rings. The molecule has 1 aromatic heterocycles. The summed E-state index contributed by atoms with van der Waals surface area (Å²) in [4.78, 5) is 4.70. The Labute approximate surface area is 114 Å². The highest BCUT2D eigenvalue weighted by atomic mass is 16.3. The predicted octanol–water partition coefficient (Wildman–Crippen LogP) is 3.07. The highest BCUT2D eigenvalue weighted by Gasteiger charge is 2.19. The molecule has 0 radical (unpaired) electrons. The summed E-state index contributed by atoms with van der Waals surface area (Å²) in [5.74, 6) is 1.39. The van der Waals surface area contributed by atoms with Crippen LogP contribution in [0.4, 0.5) is 5.69 Å². The number of aliphatic hydroxyl groups is 1. The summed E-state index contributed by atoms with van der Waals surface area (Å²) in [6.07, 6.45) is 0.400. The Balaban J connectivity index is 2.58. The van der Waals surface area contributed by atoms with Gasteiger partial charge < -0.3 is 15.4 Å². The first kappa shape index (κ1) is 13.9. The maximum absolute atomic E-state index is 9.61. The molecule has 0 fully saturated rings. The number of benzene rings is 1. The summed E-state index contributed by atoms with van der Waals surface area (Å²) >= 11 is 0. The second-order valence-electron chi connectivity index (χ2n) is 5.68. The van der Waals surface area contributed by atoms with Crippen molar-refractivity contribution < 1.29 is 5.11 Å². The molecule has 0 bridgehead atoms. The van der Waals surface area contributed by atoms with Gasteiger partial charge in [-0.3, -0.25) is 0 Å². The molecule has 0 aliphatic carbocycles. The fourth-order valence-electron chi connectivity index (χ4n) is 2.60.